The summed E-state index contributed by atoms with van der Waals surface area (Å²) >= 11 is 0. The minimum absolute atomic E-state index is 0.0222. The van der Waals surface area contributed by atoms with Crippen LogP contribution in [0.4, 0.5) is 18.0 Å². The van der Waals surface area contributed by atoms with Gasteiger partial charge < -0.3 is 25.5 Å². The Labute approximate surface area is 242 Å². The fourth-order valence-corrected chi connectivity index (χ4v) is 5.71. The highest BCUT2D eigenvalue weighted by atomic mass is 19.3. The summed E-state index contributed by atoms with van der Waals surface area (Å²) in [5.74, 6) is -5.86. The number of amides is 3. The molecule has 1 saturated heterocycles. The number of hydrogen-bond donors (Lipinski definition) is 3. The first kappa shape index (κ1) is 31.1. The van der Waals surface area contributed by atoms with Crippen LogP contribution in [0.2, 0.25) is 0 Å². The quantitative estimate of drug-likeness (QED) is 0.305. The number of benzene rings is 2. The first-order chi connectivity index (χ1) is 20.2. The molecular formula is C31H36F3N3O5. The van der Waals surface area contributed by atoms with Gasteiger partial charge in [0.15, 0.2) is 6.10 Å². The van der Waals surface area contributed by atoms with Crippen molar-refractivity contribution in [1.82, 2.24) is 16.0 Å². The van der Waals surface area contributed by atoms with E-state index in [1.807, 2.05) is 0 Å². The highest BCUT2D eigenvalue weighted by Crippen LogP contribution is 2.43. The number of alkyl halides is 2. The van der Waals surface area contributed by atoms with Crippen molar-refractivity contribution in [1.29, 1.82) is 0 Å². The molecule has 1 aliphatic carbocycles. The lowest BCUT2D eigenvalue weighted by Gasteiger charge is -2.30. The molecule has 11 heteroatoms. The van der Waals surface area contributed by atoms with Gasteiger partial charge in [-0.15, -0.1) is 0 Å². The van der Waals surface area contributed by atoms with E-state index in [0.717, 1.165) is 50.3 Å². The second kappa shape index (κ2) is 14.3. The molecule has 0 spiro atoms. The smallest absolute Gasteiger partial charge is 0.408 e. The first-order valence-electron chi connectivity index (χ1n) is 14.4. The summed E-state index contributed by atoms with van der Waals surface area (Å²) < 4.78 is 50.6. The fraction of sp³-hybridized carbons (Fsp3) is 0.484. The highest BCUT2D eigenvalue weighted by Gasteiger charge is 2.46. The zero-order valence-electron chi connectivity index (χ0n) is 23.2. The van der Waals surface area contributed by atoms with Crippen molar-refractivity contribution in [2.75, 3.05) is 6.54 Å². The molecule has 8 nitrogen and oxygen atoms in total. The monoisotopic (exact) mass is 587 g/mol. The highest BCUT2D eigenvalue weighted by molar-refractivity contribution is 5.88. The first-order valence-corrected chi connectivity index (χ1v) is 14.4. The minimum Gasteiger partial charge on any atom is -0.434 e. The molecule has 0 radical (unpaired) electrons. The van der Waals surface area contributed by atoms with Gasteiger partial charge >= 0.3 is 12.0 Å². The molecule has 1 heterocycles. The van der Waals surface area contributed by atoms with E-state index in [1.165, 1.54) is 24.3 Å². The van der Waals surface area contributed by atoms with E-state index in [1.54, 1.807) is 6.07 Å². The number of carbonyl (C=O) groups excluding carboxylic acids is 4. The number of aldehydes is 1. The number of carbonyl (C=O) groups is 4. The van der Waals surface area contributed by atoms with Crippen molar-refractivity contribution in [3.05, 3.63) is 71.5 Å². The van der Waals surface area contributed by atoms with Gasteiger partial charge in [-0.2, -0.15) is 8.78 Å². The molecule has 42 heavy (non-hydrogen) atoms. The molecule has 4 rings (SSSR count). The van der Waals surface area contributed by atoms with Crippen LogP contribution in [0.3, 0.4) is 0 Å². The van der Waals surface area contributed by atoms with Crippen LogP contribution in [-0.2, 0) is 25.0 Å². The molecule has 2 aromatic carbocycles. The SMILES string of the molecule is O=C[C@H](C[C@@H]1CCNC1=O)NC(=O)[C@H](CC1CCCCC1)NC(=O)O[C@H](c1ccccc1)C(F)(F)c1cccc(F)c1. The van der Waals surface area contributed by atoms with E-state index in [-0.39, 0.29) is 30.2 Å². The van der Waals surface area contributed by atoms with E-state index in [0.29, 0.717) is 25.3 Å². The predicted molar refractivity (Wildman–Crippen MR) is 148 cm³/mol. The molecule has 2 aliphatic rings. The maximum absolute atomic E-state index is 15.7. The van der Waals surface area contributed by atoms with Crippen molar-refractivity contribution in [3.63, 3.8) is 0 Å². The van der Waals surface area contributed by atoms with Crippen LogP contribution in [0.25, 0.3) is 0 Å². The summed E-state index contributed by atoms with van der Waals surface area (Å²) in [5.41, 5.74) is -0.698. The molecule has 226 valence electrons. The van der Waals surface area contributed by atoms with Crippen LogP contribution < -0.4 is 16.0 Å². The lowest BCUT2D eigenvalue weighted by atomic mass is 9.84. The molecule has 1 saturated carbocycles. The molecule has 3 amide bonds. The van der Waals surface area contributed by atoms with E-state index < -0.39 is 53.4 Å². The van der Waals surface area contributed by atoms with Crippen LogP contribution in [0, 0.1) is 17.7 Å². The van der Waals surface area contributed by atoms with E-state index in [4.69, 9.17) is 4.74 Å². The van der Waals surface area contributed by atoms with Crippen LogP contribution in [0.5, 0.6) is 0 Å². The fourth-order valence-electron chi connectivity index (χ4n) is 5.71. The van der Waals surface area contributed by atoms with Crippen LogP contribution in [-0.4, -0.2) is 42.8 Å². The van der Waals surface area contributed by atoms with Crippen LogP contribution >= 0.6 is 0 Å². The Kier molecular flexibility index (Phi) is 10.6. The lowest BCUT2D eigenvalue weighted by molar-refractivity contribution is -0.129. The topological polar surface area (TPSA) is 114 Å². The molecular weight excluding hydrogens is 551 g/mol. The Balaban J connectivity index is 1.52. The van der Waals surface area contributed by atoms with Gasteiger partial charge in [0.2, 0.25) is 11.8 Å². The van der Waals surface area contributed by atoms with Gasteiger partial charge in [0.05, 0.1) is 6.04 Å². The van der Waals surface area contributed by atoms with E-state index in [2.05, 4.69) is 16.0 Å². The Morgan fingerprint density at radius 1 is 1.00 bits per heavy atom. The van der Waals surface area contributed by atoms with Crippen molar-refractivity contribution >= 4 is 24.2 Å². The second-order valence-electron chi connectivity index (χ2n) is 11.0. The molecule has 0 aromatic heterocycles. The molecule has 0 bridgehead atoms. The maximum Gasteiger partial charge on any atom is 0.408 e. The van der Waals surface area contributed by atoms with Crippen molar-refractivity contribution in [3.8, 4) is 0 Å². The third kappa shape index (κ3) is 8.10. The number of ether oxygens (including phenoxy) is 1. The number of hydrogen-bond acceptors (Lipinski definition) is 5. The van der Waals surface area contributed by atoms with Gasteiger partial charge in [-0.3, -0.25) is 9.59 Å². The van der Waals surface area contributed by atoms with Gasteiger partial charge in [-0.25, -0.2) is 9.18 Å². The lowest BCUT2D eigenvalue weighted by Crippen LogP contribution is -2.51. The van der Waals surface area contributed by atoms with Gasteiger partial charge in [-0.05, 0) is 42.9 Å². The normalized spacial score (nSPS) is 19.7. The number of nitrogens with one attached hydrogen (secondary N) is 3. The summed E-state index contributed by atoms with van der Waals surface area (Å²) in [5, 5.41) is 7.76. The molecule has 0 unspecified atom stereocenters. The average Bonchev–Trinajstić information content (AvgIpc) is 3.39. The summed E-state index contributed by atoms with van der Waals surface area (Å²) in [4.78, 5) is 50.3. The van der Waals surface area contributed by atoms with Crippen LogP contribution in [0.15, 0.2) is 54.6 Å². The molecule has 3 N–H and O–H groups in total. The third-order valence-corrected chi connectivity index (χ3v) is 7.96. The zero-order valence-corrected chi connectivity index (χ0v) is 23.2. The molecule has 1 aliphatic heterocycles. The Hall–Kier alpha value is -3.89. The second-order valence-corrected chi connectivity index (χ2v) is 11.0. The molecule has 2 aromatic rings. The Morgan fingerprint density at radius 3 is 2.38 bits per heavy atom. The van der Waals surface area contributed by atoms with Crippen molar-refractivity contribution in [2.45, 2.75) is 75.5 Å². The minimum atomic E-state index is -3.81. The number of alkyl carbamates (subject to hydrolysis) is 1. The number of halogens is 3. The summed E-state index contributed by atoms with van der Waals surface area (Å²) in [6, 6.07) is 9.13. The van der Waals surface area contributed by atoms with Gasteiger partial charge in [0, 0.05) is 18.0 Å². The van der Waals surface area contributed by atoms with Crippen molar-refractivity contribution < 1.29 is 37.1 Å². The average molecular weight is 588 g/mol. The van der Waals surface area contributed by atoms with Gasteiger partial charge in [0.1, 0.15) is 18.1 Å². The number of rotatable bonds is 12. The van der Waals surface area contributed by atoms with Gasteiger partial charge in [0.25, 0.3) is 0 Å². The van der Waals surface area contributed by atoms with Crippen molar-refractivity contribution in [2.24, 2.45) is 11.8 Å². The summed E-state index contributed by atoms with van der Waals surface area (Å²) in [6.45, 7) is 0.490. The zero-order chi connectivity index (χ0) is 30.1. The maximum atomic E-state index is 15.7. The molecule has 2 fully saturated rings. The van der Waals surface area contributed by atoms with E-state index >= 15 is 8.78 Å². The summed E-state index contributed by atoms with van der Waals surface area (Å²) in [7, 11) is 0. The Bertz CT molecular complexity index is 1240. The van der Waals surface area contributed by atoms with Gasteiger partial charge in [-0.1, -0.05) is 74.6 Å². The third-order valence-electron chi connectivity index (χ3n) is 7.96. The summed E-state index contributed by atoms with van der Waals surface area (Å²) in [6.07, 6.45) is 2.71. The van der Waals surface area contributed by atoms with Crippen LogP contribution in [0.1, 0.15) is 68.6 Å². The standard InChI is InChI=1S/C31H36F3N3O5/c32-24-13-7-12-23(18-24)31(33,34)27(21-10-5-2-6-11-21)42-30(41)37-26(16-20-8-3-1-4-9-20)29(40)36-25(19-38)17-22-14-15-35-28(22)39/h2,5-7,10-13,18-20,22,25-27H,1,3-4,8-9,14-17H2,(H,35,39)(H,36,40)(H,37,41)/t22-,25-,26-,27+/m0/s1. The van der Waals surface area contributed by atoms with E-state index in [9.17, 15) is 23.6 Å². The predicted octanol–water partition coefficient (Wildman–Crippen LogP) is 4.93. The molecule has 4 atom stereocenters. The largest absolute Gasteiger partial charge is 0.434 e. The Morgan fingerprint density at radius 2 is 1.74 bits per heavy atom.